The summed E-state index contributed by atoms with van der Waals surface area (Å²) in [7, 11) is 0. The van der Waals surface area contributed by atoms with E-state index in [0.29, 0.717) is 12.1 Å². The van der Waals surface area contributed by atoms with Crippen molar-refractivity contribution in [2.24, 2.45) is 5.73 Å². The maximum atomic E-state index is 13.3. The molecule has 10 heteroatoms. The van der Waals surface area contributed by atoms with Crippen LogP contribution in [0, 0.1) is 26.0 Å². The van der Waals surface area contributed by atoms with Crippen molar-refractivity contribution in [2.75, 3.05) is 5.32 Å². The van der Waals surface area contributed by atoms with Gasteiger partial charge in [0, 0.05) is 6.07 Å². The standard InChI is InChI=1S/C9H9FN4O5/c1-4(11)9(15)12-6-2-5(10)7(13(16)17)3-8(6)14(18)19/h2-4H,11H2,1H3,(H,12,15)/t4-/m0/s1. The Morgan fingerprint density at radius 1 is 1.32 bits per heavy atom. The van der Waals surface area contributed by atoms with Gasteiger partial charge in [0.15, 0.2) is 0 Å². The predicted molar refractivity (Wildman–Crippen MR) is 62.0 cm³/mol. The SMILES string of the molecule is C[C@H](N)C(=O)Nc1cc(F)c([N+](=O)[O-])cc1[N+](=O)[O-]. The Bertz CT molecular complexity index is 560. The normalized spacial score (nSPS) is 11.7. The number of hydrogen-bond donors (Lipinski definition) is 2. The molecule has 0 heterocycles. The van der Waals surface area contributed by atoms with E-state index in [2.05, 4.69) is 0 Å². The van der Waals surface area contributed by atoms with Gasteiger partial charge in [0.1, 0.15) is 5.69 Å². The van der Waals surface area contributed by atoms with E-state index in [9.17, 15) is 29.4 Å². The smallest absolute Gasteiger partial charge is 0.311 e. The van der Waals surface area contributed by atoms with E-state index in [1.807, 2.05) is 5.32 Å². The molecule has 0 aromatic heterocycles. The van der Waals surface area contributed by atoms with E-state index in [1.54, 1.807) is 0 Å². The van der Waals surface area contributed by atoms with Gasteiger partial charge in [0.05, 0.1) is 22.0 Å². The van der Waals surface area contributed by atoms with Crippen LogP contribution in [-0.2, 0) is 4.79 Å². The van der Waals surface area contributed by atoms with Gasteiger partial charge in [-0.15, -0.1) is 0 Å². The zero-order valence-electron chi connectivity index (χ0n) is 9.62. The van der Waals surface area contributed by atoms with E-state index < -0.39 is 44.7 Å². The van der Waals surface area contributed by atoms with Gasteiger partial charge < -0.3 is 11.1 Å². The summed E-state index contributed by atoms with van der Waals surface area (Å²) in [6, 6.07) is -0.0271. The first-order valence-electron chi connectivity index (χ1n) is 4.92. The Labute approximate surface area is 105 Å². The molecular formula is C9H9FN4O5. The molecule has 0 spiro atoms. The zero-order chi connectivity index (χ0) is 14.7. The van der Waals surface area contributed by atoms with Gasteiger partial charge in [0.25, 0.3) is 5.69 Å². The van der Waals surface area contributed by atoms with Crippen molar-refractivity contribution in [3.05, 3.63) is 38.2 Å². The lowest BCUT2D eigenvalue weighted by molar-refractivity contribution is -0.395. The summed E-state index contributed by atoms with van der Waals surface area (Å²) in [6.45, 7) is 1.32. The Balaban J connectivity index is 3.31. The molecule has 0 radical (unpaired) electrons. The third kappa shape index (κ3) is 3.19. The number of halogens is 1. The molecular weight excluding hydrogens is 263 g/mol. The summed E-state index contributed by atoms with van der Waals surface area (Å²) in [5.74, 6) is -2.08. The topological polar surface area (TPSA) is 141 Å². The first-order chi connectivity index (χ1) is 8.73. The summed E-state index contributed by atoms with van der Waals surface area (Å²) in [4.78, 5) is 30.4. The highest BCUT2D eigenvalue weighted by Gasteiger charge is 2.26. The van der Waals surface area contributed by atoms with Crippen molar-refractivity contribution in [1.82, 2.24) is 0 Å². The summed E-state index contributed by atoms with van der Waals surface area (Å²) >= 11 is 0. The lowest BCUT2D eigenvalue weighted by Gasteiger charge is -2.08. The number of carbonyl (C=O) groups is 1. The molecule has 0 saturated carbocycles. The van der Waals surface area contributed by atoms with Gasteiger partial charge in [-0.05, 0) is 6.92 Å². The molecule has 19 heavy (non-hydrogen) atoms. The molecule has 1 atom stereocenters. The second kappa shape index (κ2) is 5.35. The number of amides is 1. The summed E-state index contributed by atoms with van der Waals surface area (Å²) in [5, 5.41) is 23.2. The van der Waals surface area contributed by atoms with Crippen molar-refractivity contribution >= 4 is 23.0 Å². The van der Waals surface area contributed by atoms with Gasteiger partial charge in [-0.25, -0.2) is 0 Å². The minimum absolute atomic E-state index is 0.437. The molecule has 1 aromatic carbocycles. The highest BCUT2D eigenvalue weighted by molar-refractivity contribution is 5.96. The highest BCUT2D eigenvalue weighted by atomic mass is 19.1. The van der Waals surface area contributed by atoms with Crippen LogP contribution in [0.3, 0.4) is 0 Å². The number of hydrogen-bond acceptors (Lipinski definition) is 6. The summed E-state index contributed by atoms with van der Waals surface area (Å²) in [6.07, 6.45) is 0. The van der Waals surface area contributed by atoms with Crippen molar-refractivity contribution in [2.45, 2.75) is 13.0 Å². The number of anilines is 1. The molecule has 0 saturated heterocycles. The predicted octanol–water partition coefficient (Wildman–Crippen LogP) is 0.928. The first-order valence-corrected chi connectivity index (χ1v) is 4.92. The van der Waals surface area contributed by atoms with Gasteiger partial charge in [-0.2, -0.15) is 4.39 Å². The van der Waals surface area contributed by atoms with Crippen LogP contribution in [-0.4, -0.2) is 21.8 Å². The molecule has 0 unspecified atom stereocenters. The lowest BCUT2D eigenvalue weighted by atomic mass is 10.2. The van der Waals surface area contributed by atoms with Crippen LogP contribution in [0.4, 0.5) is 21.5 Å². The molecule has 0 bridgehead atoms. The molecule has 0 fully saturated rings. The Hall–Kier alpha value is -2.62. The number of rotatable bonds is 4. The number of benzene rings is 1. The van der Waals surface area contributed by atoms with E-state index in [1.165, 1.54) is 6.92 Å². The van der Waals surface area contributed by atoms with Gasteiger partial charge in [-0.1, -0.05) is 0 Å². The monoisotopic (exact) mass is 272 g/mol. The summed E-state index contributed by atoms with van der Waals surface area (Å²) < 4.78 is 13.3. The Morgan fingerprint density at radius 3 is 2.26 bits per heavy atom. The maximum absolute atomic E-state index is 13.3. The van der Waals surface area contributed by atoms with Crippen LogP contribution >= 0.6 is 0 Å². The molecule has 0 aliphatic heterocycles. The quantitative estimate of drug-likeness (QED) is 0.616. The fraction of sp³-hybridized carbons (Fsp3) is 0.222. The van der Waals surface area contributed by atoms with Crippen molar-refractivity contribution < 1.29 is 19.0 Å². The van der Waals surface area contributed by atoms with Crippen molar-refractivity contribution in [1.29, 1.82) is 0 Å². The fourth-order valence-corrected chi connectivity index (χ4v) is 1.19. The molecule has 0 aliphatic carbocycles. The number of nitrogens with two attached hydrogens (primary N) is 1. The first kappa shape index (κ1) is 14.4. The lowest BCUT2D eigenvalue weighted by Crippen LogP contribution is -2.32. The largest absolute Gasteiger partial charge is 0.320 e. The molecule has 3 N–H and O–H groups in total. The average Bonchev–Trinajstić information content (AvgIpc) is 2.27. The van der Waals surface area contributed by atoms with Crippen molar-refractivity contribution in [3.63, 3.8) is 0 Å². The molecule has 1 aromatic rings. The van der Waals surface area contributed by atoms with Gasteiger partial charge in [0.2, 0.25) is 11.7 Å². The van der Waals surface area contributed by atoms with Crippen LogP contribution < -0.4 is 11.1 Å². The third-order valence-corrected chi connectivity index (χ3v) is 2.13. The molecule has 1 amide bonds. The average molecular weight is 272 g/mol. The fourth-order valence-electron chi connectivity index (χ4n) is 1.19. The van der Waals surface area contributed by atoms with E-state index in [0.717, 1.165) is 0 Å². The van der Waals surface area contributed by atoms with Crippen molar-refractivity contribution in [3.8, 4) is 0 Å². The van der Waals surface area contributed by atoms with Gasteiger partial charge in [-0.3, -0.25) is 25.0 Å². The van der Waals surface area contributed by atoms with E-state index in [-0.39, 0.29) is 0 Å². The van der Waals surface area contributed by atoms with Crippen LogP contribution in [0.25, 0.3) is 0 Å². The number of carbonyl (C=O) groups excluding carboxylic acids is 1. The Morgan fingerprint density at radius 2 is 1.84 bits per heavy atom. The summed E-state index contributed by atoms with van der Waals surface area (Å²) in [5.41, 5.74) is 2.91. The number of nitro groups is 2. The number of nitro benzene ring substituents is 2. The second-order valence-electron chi connectivity index (χ2n) is 3.61. The third-order valence-electron chi connectivity index (χ3n) is 2.13. The highest BCUT2D eigenvalue weighted by Crippen LogP contribution is 2.31. The Kier molecular flexibility index (Phi) is 4.07. The molecule has 102 valence electrons. The van der Waals surface area contributed by atoms with Crippen LogP contribution in [0.1, 0.15) is 6.92 Å². The molecule has 9 nitrogen and oxygen atoms in total. The molecule has 0 aliphatic rings. The van der Waals surface area contributed by atoms with Crippen LogP contribution in [0.15, 0.2) is 12.1 Å². The van der Waals surface area contributed by atoms with Crippen LogP contribution in [0.2, 0.25) is 0 Å². The van der Waals surface area contributed by atoms with E-state index >= 15 is 0 Å². The number of nitrogens with zero attached hydrogens (tertiary/aromatic N) is 2. The zero-order valence-corrected chi connectivity index (χ0v) is 9.62. The van der Waals surface area contributed by atoms with E-state index in [4.69, 9.17) is 5.73 Å². The van der Waals surface area contributed by atoms with Gasteiger partial charge >= 0.3 is 5.69 Å². The maximum Gasteiger partial charge on any atom is 0.311 e. The number of nitrogens with one attached hydrogen (secondary N) is 1. The minimum Gasteiger partial charge on any atom is -0.320 e. The molecule has 1 rings (SSSR count). The second-order valence-corrected chi connectivity index (χ2v) is 3.61. The minimum atomic E-state index is -1.30. The van der Waals surface area contributed by atoms with Crippen LogP contribution in [0.5, 0.6) is 0 Å².